The fraction of sp³-hybridized carbons (Fsp3) is 0.632. The van der Waals surface area contributed by atoms with E-state index in [2.05, 4.69) is 21.3 Å². The molecule has 3 heterocycles. The van der Waals surface area contributed by atoms with Crippen molar-refractivity contribution < 1.29 is 4.79 Å². The molecule has 25 heavy (non-hydrogen) atoms. The molecule has 6 nitrogen and oxygen atoms in total. The first-order chi connectivity index (χ1) is 11.9. The van der Waals surface area contributed by atoms with Gasteiger partial charge in [-0.05, 0) is 52.5 Å². The Balaban J connectivity index is 1.80. The first-order valence-corrected chi connectivity index (χ1v) is 9.18. The number of piperidine rings is 1. The Morgan fingerprint density at radius 2 is 2.08 bits per heavy atom. The lowest BCUT2D eigenvalue weighted by Crippen LogP contribution is -2.47. The average molecular weight is 343 g/mol. The Morgan fingerprint density at radius 3 is 2.68 bits per heavy atom. The number of aromatic nitrogens is 4. The van der Waals surface area contributed by atoms with Crippen LogP contribution in [0.4, 0.5) is 0 Å². The van der Waals surface area contributed by atoms with Crippen molar-refractivity contribution in [2.45, 2.75) is 65.5 Å². The molecular weight excluding hydrogens is 314 g/mol. The van der Waals surface area contributed by atoms with Crippen LogP contribution < -0.4 is 0 Å². The van der Waals surface area contributed by atoms with Crippen molar-refractivity contribution in [3.63, 3.8) is 0 Å². The number of likely N-dealkylation sites (tertiary alicyclic amines) is 1. The van der Waals surface area contributed by atoms with E-state index < -0.39 is 0 Å². The van der Waals surface area contributed by atoms with Gasteiger partial charge in [0, 0.05) is 31.0 Å². The molecule has 6 heteroatoms. The second-order valence-electron chi connectivity index (χ2n) is 7.35. The fourth-order valence-electron chi connectivity index (χ4n) is 4.05. The van der Waals surface area contributed by atoms with E-state index >= 15 is 0 Å². The summed E-state index contributed by atoms with van der Waals surface area (Å²) in [5.41, 5.74) is 4.27. The minimum Gasteiger partial charge on any atom is -0.337 e. The molecule has 136 valence electrons. The number of carbonyl (C=O) groups is 1. The van der Waals surface area contributed by atoms with Crippen molar-refractivity contribution >= 4 is 5.91 Å². The Morgan fingerprint density at radius 1 is 1.32 bits per heavy atom. The minimum absolute atomic E-state index is 0.159. The van der Waals surface area contributed by atoms with Gasteiger partial charge >= 0.3 is 0 Å². The van der Waals surface area contributed by atoms with Crippen LogP contribution in [0.25, 0.3) is 0 Å². The molecule has 1 fully saturated rings. The van der Waals surface area contributed by atoms with Crippen LogP contribution >= 0.6 is 0 Å². The van der Waals surface area contributed by atoms with E-state index in [-0.39, 0.29) is 17.9 Å². The lowest BCUT2D eigenvalue weighted by molar-refractivity contribution is -0.136. The maximum absolute atomic E-state index is 13.3. The molecule has 2 atom stereocenters. The molecule has 1 aliphatic heterocycles. The number of carbonyl (C=O) groups excluding carboxylic acids is 1. The summed E-state index contributed by atoms with van der Waals surface area (Å²) in [5, 5.41) is 8.88. The van der Waals surface area contributed by atoms with Crippen LogP contribution in [0.3, 0.4) is 0 Å². The second-order valence-corrected chi connectivity index (χ2v) is 7.35. The van der Waals surface area contributed by atoms with Gasteiger partial charge in [0.2, 0.25) is 5.91 Å². The topological polar surface area (TPSA) is 56.0 Å². The molecule has 0 aromatic carbocycles. The highest BCUT2D eigenvalue weighted by molar-refractivity contribution is 5.84. The zero-order chi connectivity index (χ0) is 18.1. The van der Waals surface area contributed by atoms with Gasteiger partial charge in [0.1, 0.15) is 0 Å². The van der Waals surface area contributed by atoms with Crippen LogP contribution in [-0.4, -0.2) is 43.0 Å². The number of hydrogen-bond acceptors (Lipinski definition) is 3. The number of hydrogen-bond donors (Lipinski definition) is 0. The Kier molecular flexibility index (Phi) is 4.97. The van der Waals surface area contributed by atoms with E-state index in [1.807, 2.05) is 50.3 Å². The molecule has 0 bridgehead atoms. The van der Waals surface area contributed by atoms with E-state index in [0.29, 0.717) is 0 Å². The smallest absolute Gasteiger partial charge is 0.230 e. The highest BCUT2D eigenvalue weighted by Crippen LogP contribution is 2.28. The van der Waals surface area contributed by atoms with Gasteiger partial charge in [-0.2, -0.15) is 10.2 Å². The Labute approximate surface area is 149 Å². The fourth-order valence-corrected chi connectivity index (χ4v) is 4.05. The molecule has 0 N–H and O–H groups in total. The van der Waals surface area contributed by atoms with E-state index in [9.17, 15) is 4.79 Å². The van der Waals surface area contributed by atoms with E-state index in [4.69, 9.17) is 0 Å². The molecule has 0 spiro atoms. The normalized spacial score (nSPS) is 19.2. The average Bonchev–Trinajstić information content (AvgIpc) is 3.09. The Bertz CT molecular complexity index is 760. The predicted octanol–water partition coefficient (Wildman–Crippen LogP) is 2.73. The van der Waals surface area contributed by atoms with Gasteiger partial charge in [-0.3, -0.25) is 14.2 Å². The van der Waals surface area contributed by atoms with Gasteiger partial charge in [-0.15, -0.1) is 0 Å². The van der Waals surface area contributed by atoms with Crippen LogP contribution in [0.15, 0.2) is 12.4 Å². The summed E-state index contributed by atoms with van der Waals surface area (Å²) in [4.78, 5) is 15.4. The summed E-state index contributed by atoms with van der Waals surface area (Å²) in [5.74, 6) is 0.0569. The number of nitrogens with zero attached hydrogens (tertiary/aromatic N) is 5. The molecule has 2 aromatic heterocycles. The highest BCUT2D eigenvalue weighted by Gasteiger charge is 2.32. The van der Waals surface area contributed by atoms with Crippen molar-refractivity contribution in [1.29, 1.82) is 0 Å². The van der Waals surface area contributed by atoms with Gasteiger partial charge in [0.25, 0.3) is 0 Å². The third-order valence-corrected chi connectivity index (χ3v) is 5.44. The molecule has 0 saturated carbocycles. The lowest BCUT2D eigenvalue weighted by Gasteiger charge is -2.37. The molecule has 0 radical (unpaired) electrons. The standard InChI is InChI=1S/C19H29N5O/c1-13-10-20-23(11-13)12-17-8-6-7-9-24(17)19(25)14(2)18-15(3)21-22(5)16(18)4/h10-11,14,17H,6-9,12H2,1-5H3/t14-,17+/m1/s1. The van der Waals surface area contributed by atoms with E-state index in [0.717, 1.165) is 48.4 Å². The highest BCUT2D eigenvalue weighted by atomic mass is 16.2. The Hall–Kier alpha value is -2.11. The molecule has 1 saturated heterocycles. The predicted molar refractivity (Wildman–Crippen MR) is 97.4 cm³/mol. The lowest BCUT2D eigenvalue weighted by atomic mass is 9.94. The molecule has 0 aliphatic carbocycles. The van der Waals surface area contributed by atoms with Crippen LogP contribution in [0.2, 0.25) is 0 Å². The van der Waals surface area contributed by atoms with Crippen molar-refractivity contribution in [3.05, 3.63) is 34.9 Å². The van der Waals surface area contributed by atoms with Crippen molar-refractivity contribution in [2.24, 2.45) is 7.05 Å². The number of rotatable bonds is 4. The first kappa shape index (κ1) is 17.7. The second kappa shape index (κ2) is 7.02. The third-order valence-electron chi connectivity index (χ3n) is 5.44. The largest absolute Gasteiger partial charge is 0.337 e. The SMILES string of the molecule is Cc1cnn(C[C@@H]2CCCCN2C(=O)[C@H](C)c2c(C)nn(C)c2C)c1. The summed E-state index contributed by atoms with van der Waals surface area (Å²) in [6.45, 7) is 9.71. The maximum Gasteiger partial charge on any atom is 0.230 e. The van der Waals surface area contributed by atoms with E-state index in [1.54, 1.807) is 0 Å². The van der Waals surface area contributed by atoms with Crippen LogP contribution in [0.1, 0.15) is 54.6 Å². The summed E-state index contributed by atoms with van der Waals surface area (Å²) < 4.78 is 3.84. The number of aryl methyl sites for hydroxylation is 3. The summed E-state index contributed by atoms with van der Waals surface area (Å²) >= 11 is 0. The summed E-state index contributed by atoms with van der Waals surface area (Å²) in [7, 11) is 1.94. The van der Waals surface area contributed by atoms with Crippen molar-refractivity contribution in [1.82, 2.24) is 24.5 Å². The van der Waals surface area contributed by atoms with E-state index in [1.165, 1.54) is 6.42 Å². The van der Waals surface area contributed by atoms with Gasteiger partial charge in [0.15, 0.2) is 0 Å². The maximum atomic E-state index is 13.3. The summed E-state index contributed by atoms with van der Waals surface area (Å²) in [6, 6.07) is 0.222. The van der Waals surface area contributed by atoms with Crippen LogP contribution in [0.5, 0.6) is 0 Å². The molecule has 3 rings (SSSR count). The zero-order valence-corrected chi connectivity index (χ0v) is 16.0. The molecule has 0 unspecified atom stereocenters. The van der Waals surface area contributed by atoms with Crippen molar-refractivity contribution in [3.8, 4) is 0 Å². The van der Waals surface area contributed by atoms with Crippen molar-refractivity contribution in [2.75, 3.05) is 6.54 Å². The zero-order valence-electron chi connectivity index (χ0n) is 16.0. The molecule has 1 amide bonds. The van der Waals surface area contributed by atoms with Crippen LogP contribution in [-0.2, 0) is 18.4 Å². The van der Waals surface area contributed by atoms with Crippen LogP contribution in [0, 0.1) is 20.8 Å². The monoisotopic (exact) mass is 343 g/mol. The number of amides is 1. The van der Waals surface area contributed by atoms with Gasteiger partial charge in [-0.1, -0.05) is 0 Å². The van der Waals surface area contributed by atoms with Gasteiger partial charge < -0.3 is 4.90 Å². The third kappa shape index (κ3) is 3.48. The van der Waals surface area contributed by atoms with Gasteiger partial charge in [-0.25, -0.2) is 0 Å². The minimum atomic E-state index is -0.159. The quantitative estimate of drug-likeness (QED) is 0.858. The molecular formula is C19H29N5O. The first-order valence-electron chi connectivity index (χ1n) is 9.18. The summed E-state index contributed by atoms with van der Waals surface area (Å²) in [6.07, 6.45) is 7.23. The molecule has 1 aliphatic rings. The van der Waals surface area contributed by atoms with Gasteiger partial charge in [0.05, 0.1) is 30.4 Å². The molecule has 2 aromatic rings.